The van der Waals surface area contributed by atoms with Crippen LogP contribution in [-0.2, 0) is 5.67 Å². The SMILES string of the molecule is C[C@H](c1cc(F)c[nH+]c1N)N1c2nc(OC[C@@]34CCCN3C[C@H](F)C4)nc3c(F)c(-c4c(C5(F)CC5)c(Cl)cc5[nH]ncc45)nc(c23)OC[C@@H]1C. The lowest BCUT2D eigenvalue weighted by Gasteiger charge is -2.34. The van der Waals surface area contributed by atoms with Gasteiger partial charge in [-0.1, -0.05) is 11.6 Å². The van der Waals surface area contributed by atoms with Gasteiger partial charge >= 0.3 is 6.01 Å². The minimum Gasteiger partial charge on any atom is -0.475 e. The molecule has 0 bridgehead atoms. The van der Waals surface area contributed by atoms with Gasteiger partial charge in [0.05, 0.1) is 34.9 Å². The number of ether oxygens (including phenoxy) is 2. The number of nitrogens with zero attached hydrogens (tertiary/aromatic N) is 6. The zero-order valence-electron chi connectivity index (χ0n) is 27.9. The maximum absolute atomic E-state index is 17.4. The normalized spacial score (nSPS) is 24.5. The van der Waals surface area contributed by atoms with E-state index in [-0.39, 0.29) is 82.3 Å². The van der Waals surface area contributed by atoms with Crippen molar-refractivity contribution < 1.29 is 32.0 Å². The molecule has 51 heavy (non-hydrogen) atoms. The van der Waals surface area contributed by atoms with E-state index in [0.717, 1.165) is 25.6 Å². The van der Waals surface area contributed by atoms with Gasteiger partial charge in [-0.15, -0.1) is 0 Å². The molecule has 1 aliphatic carbocycles. The molecular formula is C35H35ClF4N9O2+. The number of benzene rings is 1. The van der Waals surface area contributed by atoms with Gasteiger partial charge in [-0.25, -0.2) is 27.5 Å². The number of nitrogens with two attached hydrogens (primary N) is 1. The van der Waals surface area contributed by atoms with Crippen LogP contribution < -0.4 is 25.1 Å². The topological polar surface area (TPSA) is 132 Å². The van der Waals surface area contributed by atoms with Crippen molar-refractivity contribution >= 4 is 45.0 Å². The molecule has 11 nitrogen and oxygen atoms in total. The number of alkyl halides is 2. The van der Waals surface area contributed by atoms with Gasteiger partial charge in [-0.05, 0) is 58.2 Å². The number of H-pyrrole nitrogens is 2. The van der Waals surface area contributed by atoms with E-state index < -0.39 is 41.1 Å². The molecule has 0 radical (unpaired) electrons. The molecule has 1 saturated carbocycles. The summed E-state index contributed by atoms with van der Waals surface area (Å²) in [4.78, 5) is 20.8. The number of nitrogen functional groups attached to an aromatic ring is 1. The summed E-state index contributed by atoms with van der Waals surface area (Å²) in [5, 5.41) is 7.67. The minimum absolute atomic E-state index is 0.0196. The van der Waals surface area contributed by atoms with Crippen molar-refractivity contribution in [2.75, 3.05) is 36.9 Å². The predicted octanol–water partition coefficient (Wildman–Crippen LogP) is 6.16. The summed E-state index contributed by atoms with van der Waals surface area (Å²) in [5.74, 6) is -0.906. The van der Waals surface area contributed by atoms with E-state index in [9.17, 15) is 8.78 Å². The second-order valence-electron chi connectivity index (χ2n) is 14.3. The van der Waals surface area contributed by atoms with E-state index in [1.54, 1.807) is 6.07 Å². The third kappa shape index (κ3) is 5.06. The zero-order valence-corrected chi connectivity index (χ0v) is 28.6. The summed E-state index contributed by atoms with van der Waals surface area (Å²) >= 11 is 6.69. The van der Waals surface area contributed by atoms with Crippen LogP contribution in [0.1, 0.15) is 63.1 Å². The van der Waals surface area contributed by atoms with Crippen LogP contribution in [0.5, 0.6) is 11.9 Å². The van der Waals surface area contributed by atoms with Crippen LogP contribution in [0.4, 0.5) is 29.2 Å². The first-order valence-corrected chi connectivity index (χ1v) is 17.5. The maximum Gasteiger partial charge on any atom is 0.319 e. The number of nitrogens with one attached hydrogen (secondary N) is 2. The van der Waals surface area contributed by atoms with E-state index >= 15 is 8.78 Å². The lowest BCUT2D eigenvalue weighted by molar-refractivity contribution is -0.364. The summed E-state index contributed by atoms with van der Waals surface area (Å²) in [7, 11) is 0. The predicted molar refractivity (Wildman–Crippen MR) is 181 cm³/mol. The van der Waals surface area contributed by atoms with Crippen molar-refractivity contribution in [3.63, 3.8) is 0 Å². The first kappa shape index (κ1) is 32.4. The number of pyridine rings is 2. The van der Waals surface area contributed by atoms with E-state index in [1.807, 2.05) is 18.7 Å². The molecule has 1 aromatic carbocycles. The summed E-state index contributed by atoms with van der Waals surface area (Å²) < 4.78 is 75.3. The Morgan fingerprint density at radius 3 is 2.84 bits per heavy atom. The smallest absolute Gasteiger partial charge is 0.319 e. The van der Waals surface area contributed by atoms with E-state index in [2.05, 4.69) is 25.1 Å². The summed E-state index contributed by atoms with van der Waals surface area (Å²) in [5.41, 5.74) is 4.80. The highest BCUT2D eigenvalue weighted by atomic mass is 35.5. The van der Waals surface area contributed by atoms with Gasteiger partial charge in [-0.2, -0.15) is 15.1 Å². The number of hydrogen-bond donors (Lipinski definition) is 2. The molecule has 4 aromatic heterocycles. The molecule has 3 aliphatic heterocycles. The molecule has 4 atom stereocenters. The van der Waals surface area contributed by atoms with E-state index in [4.69, 9.17) is 36.8 Å². The van der Waals surface area contributed by atoms with Crippen molar-refractivity contribution in [2.24, 2.45) is 0 Å². The van der Waals surface area contributed by atoms with Gasteiger partial charge in [-0.3, -0.25) is 15.7 Å². The van der Waals surface area contributed by atoms with Gasteiger partial charge in [0.15, 0.2) is 11.6 Å². The number of aromatic amines is 2. The monoisotopic (exact) mass is 724 g/mol. The van der Waals surface area contributed by atoms with Crippen molar-refractivity contribution in [2.45, 2.75) is 75.4 Å². The first-order valence-electron chi connectivity index (χ1n) is 17.1. The highest BCUT2D eigenvalue weighted by Gasteiger charge is 2.51. The number of rotatable bonds is 7. The van der Waals surface area contributed by atoms with Gasteiger partial charge < -0.3 is 14.4 Å². The van der Waals surface area contributed by atoms with Crippen molar-refractivity contribution in [1.29, 1.82) is 0 Å². The van der Waals surface area contributed by atoms with Crippen LogP contribution >= 0.6 is 11.6 Å². The summed E-state index contributed by atoms with van der Waals surface area (Å²) in [6.07, 6.45) is 4.05. The molecule has 4 aliphatic rings. The molecule has 0 amide bonds. The number of fused-ring (bicyclic) bond motifs is 2. The van der Waals surface area contributed by atoms with Crippen LogP contribution in [0.3, 0.4) is 0 Å². The fraction of sp³-hybridized carbons (Fsp3) is 0.457. The third-order valence-corrected chi connectivity index (χ3v) is 11.3. The van der Waals surface area contributed by atoms with Gasteiger partial charge in [0, 0.05) is 34.5 Å². The molecule has 0 unspecified atom stereocenters. The Kier molecular flexibility index (Phi) is 7.31. The molecule has 266 valence electrons. The quantitative estimate of drug-likeness (QED) is 0.190. The van der Waals surface area contributed by atoms with Crippen LogP contribution in [0.15, 0.2) is 24.5 Å². The maximum atomic E-state index is 17.4. The first-order chi connectivity index (χ1) is 24.5. The van der Waals surface area contributed by atoms with Crippen LogP contribution in [0.2, 0.25) is 5.02 Å². The van der Waals surface area contributed by atoms with E-state index in [1.165, 1.54) is 12.3 Å². The minimum atomic E-state index is -1.77. The zero-order chi connectivity index (χ0) is 35.4. The average Bonchev–Trinajstić information content (AvgIpc) is 3.37. The largest absolute Gasteiger partial charge is 0.475 e. The highest BCUT2D eigenvalue weighted by Crippen LogP contribution is 2.57. The number of halogens is 5. The molecule has 16 heteroatoms. The average molecular weight is 725 g/mol. The van der Waals surface area contributed by atoms with Crippen molar-refractivity contribution in [3.8, 4) is 23.1 Å². The standard InChI is InChI=1S/C35H34ClF4N9O2/c1-16-14-50-32-25-29(27(39)28(44-32)24-21-12-43-47-23(21)9-22(36)26(24)35(40)5-6-35)45-33(51-15-34-4-3-7-48(34)13-19(38)10-34)46-31(25)49(16)17(2)20-8-18(37)11-42-30(20)41/h8-9,11-12,16-17,19H,3-7,10,13-15H2,1-2H3,(H2,41,42)(H,43,47)/p+1/t16-,17+,19+,34-/m0/s1. The highest BCUT2D eigenvalue weighted by molar-refractivity contribution is 6.33. The van der Waals surface area contributed by atoms with Crippen LogP contribution in [0, 0.1) is 11.6 Å². The Labute approximate surface area is 294 Å². The third-order valence-electron chi connectivity index (χ3n) is 11.0. The molecule has 5 aromatic rings. The lowest BCUT2D eigenvalue weighted by Crippen LogP contribution is -2.43. The second kappa shape index (κ2) is 11.5. The number of anilines is 2. The van der Waals surface area contributed by atoms with Gasteiger partial charge in [0.2, 0.25) is 5.88 Å². The fourth-order valence-corrected chi connectivity index (χ4v) is 8.79. The van der Waals surface area contributed by atoms with E-state index in [0.29, 0.717) is 29.4 Å². The van der Waals surface area contributed by atoms with Crippen molar-refractivity contribution in [1.82, 2.24) is 30.0 Å². The Bertz CT molecular complexity index is 2240. The second-order valence-corrected chi connectivity index (χ2v) is 14.7. The van der Waals surface area contributed by atoms with Crippen LogP contribution in [0.25, 0.3) is 33.1 Å². The van der Waals surface area contributed by atoms with Crippen LogP contribution in [-0.4, -0.2) is 74.1 Å². The molecular weight excluding hydrogens is 690 g/mol. The van der Waals surface area contributed by atoms with Gasteiger partial charge in [0.1, 0.15) is 53.7 Å². The molecule has 7 heterocycles. The molecule has 4 N–H and O–H groups in total. The number of aromatic nitrogens is 6. The Morgan fingerprint density at radius 1 is 1.22 bits per heavy atom. The molecule has 0 spiro atoms. The summed E-state index contributed by atoms with van der Waals surface area (Å²) in [6, 6.07) is 1.73. The van der Waals surface area contributed by atoms with Crippen molar-refractivity contribution in [3.05, 3.63) is 52.3 Å². The molecule has 3 fully saturated rings. The Hall–Kier alpha value is -4.50. The molecule has 2 saturated heterocycles. The molecule has 9 rings (SSSR count). The Balaban J connectivity index is 1.27. The fourth-order valence-electron chi connectivity index (χ4n) is 8.42. The Morgan fingerprint density at radius 2 is 2.04 bits per heavy atom. The van der Waals surface area contributed by atoms with Gasteiger partial charge in [0.25, 0.3) is 5.82 Å². The summed E-state index contributed by atoms with van der Waals surface area (Å²) in [6.45, 7) is 4.95. The lowest BCUT2D eigenvalue weighted by atomic mass is 9.94. The number of hydrogen-bond acceptors (Lipinski definition) is 9.